The monoisotopic (exact) mass is 349 g/mol. The molecule has 2 N–H and O–H groups in total. The lowest BCUT2D eigenvalue weighted by Crippen LogP contribution is -2.28. The predicted octanol–water partition coefficient (Wildman–Crippen LogP) is 3.11. The Morgan fingerprint density at radius 2 is 1.92 bits per heavy atom. The Kier molecular flexibility index (Phi) is 5.12. The van der Waals surface area contributed by atoms with Crippen LogP contribution in [0.3, 0.4) is 0 Å². The van der Waals surface area contributed by atoms with Gasteiger partial charge in [-0.05, 0) is 43.7 Å². The minimum absolute atomic E-state index is 0.155. The van der Waals surface area contributed by atoms with Gasteiger partial charge in [0.1, 0.15) is 5.75 Å². The molecule has 1 aromatic carbocycles. The number of aryl methyl sites for hydroxylation is 2. The number of carbonyl (C=O) groups excluding carboxylic acids is 1. The molecule has 0 atom stereocenters. The number of hydrogen-bond donors (Lipinski definition) is 2. The Balaban J connectivity index is 1.64. The van der Waals surface area contributed by atoms with Gasteiger partial charge >= 0.3 is 0 Å². The largest absolute Gasteiger partial charge is 0.439 e. The van der Waals surface area contributed by atoms with Crippen molar-refractivity contribution in [2.24, 2.45) is 0 Å². The normalized spacial score (nSPS) is 10.4. The molecule has 0 aliphatic heterocycles. The molecule has 0 aliphatic carbocycles. The summed E-state index contributed by atoms with van der Waals surface area (Å²) >= 11 is 0. The van der Waals surface area contributed by atoms with Crippen molar-refractivity contribution in [1.82, 2.24) is 15.3 Å². The van der Waals surface area contributed by atoms with E-state index >= 15 is 0 Å². The van der Waals surface area contributed by atoms with Crippen molar-refractivity contribution in [2.75, 3.05) is 0 Å². The van der Waals surface area contributed by atoms with Crippen molar-refractivity contribution in [3.05, 3.63) is 87.5 Å². The standard InChI is InChI=1S/C20H19N3O3/c1-13-10-14(2)23-20(25)17(13)12-22-19(24)15-8-9-18(21-11-15)26-16-6-4-3-5-7-16/h3-11H,12H2,1-2H3,(H,22,24)(H,23,25). The van der Waals surface area contributed by atoms with Crippen LogP contribution in [0, 0.1) is 13.8 Å². The second-order valence-electron chi connectivity index (χ2n) is 5.93. The molecule has 0 aliphatic rings. The molecule has 0 fully saturated rings. The van der Waals surface area contributed by atoms with Gasteiger partial charge in [0.15, 0.2) is 0 Å². The summed E-state index contributed by atoms with van der Waals surface area (Å²) in [5.41, 5.74) is 2.39. The zero-order chi connectivity index (χ0) is 18.5. The van der Waals surface area contributed by atoms with Gasteiger partial charge in [0.2, 0.25) is 5.88 Å². The fourth-order valence-electron chi connectivity index (χ4n) is 2.56. The van der Waals surface area contributed by atoms with Gasteiger partial charge in [-0.3, -0.25) is 9.59 Å². The molecule has 1 amide bonds. The van der Waals surface area contributed by atoms with Gasteiger partial charge in [-0.25, -0.2) is 4.98 Å². The summed E-state index contributed by atoms with van der Waals surface area (Å²) in [7, 11) is 0. The highest BCUT2D eigenvalue weighted by Gasteiger charge is 2.10. The summed E-state index contributed by atoms with van der Waals surface area (Å²) in [4.78, 5) is 31.1. The number of hydrogen-bond acceptors (Lipinski definition) is 4. The van der Waals surface area contributed by atoms with Crippen LogP contribution < -0.4 is 15.6 Å². The predicted molar refractivity (Wildman–Crippen MR) is 98.5 cm³/mol. The van der Waals surface area contributed by atoms with Crippen LogP contribution in [-0.4, -0.2) is 15.9 Å². The first-order valence-corrected chi connectivity index (χ1v) is 8.19. The third-order valence-corrected chi connectivity index (χ3v) is 3.88. The second-order valence-corrected chi connectivity index (χ2v) is 5.93. The lowest BCUT2D eigenvalue weighted by molar-refractivity contribution is 0.0950. The summed E-state index contributed by atoms with van der Waals surface area (Å²) < 4.78 is 5.60. The van der Waals surface area contributed by atoms with E-state index in [2.05, 4.69) is 15.3 Å². The number of amides is 1. The van der Waals surface area contributed by atoms with Crippen molar-refractivity contribution in [3.8, 4) is 11.6 Å². The molecule has 0 bridgehead atoms. The van der Waals surface area contributed by atoms with E-state index in [9.17, 15) is 9.59 Å². The number of para-hydroxylation sites is 1. The molecular formula is C20H19N3O3. The van der Waals surface area contributed by atoms with Crippen LogP contribution >= 0.6 is 0 Å². The molecule has 132 valence electrons. The van der Waals surface area contributed by atoms with E-state index in [0.717, 1.165) is 11.3 Å². The van der Waals surface area contributed by atoms with Crippen LogP contribution in [0.5, 0.6) is 11.6 Å². The average molecular weight is 349 g/mol. The third kappa shape index (κ3) is 4.16. The number of benzene rings is 1. The molecular weight excluding hydrogens is 330 g/mol. The Bertz CT molecular complexity index is 964. The first-order valence-electron chi connectivity index (χ1n) is 8.19. The van der Waals surface area contributed by atoms with Crippen LogP contribution in [0.4, 0.5) is 0 Å². The van der Waals surface area contributed by atoms with Crippen molar-refractivity contribution in [1.29, 1.82) is 0 Å². The van der Waals surface area contributed by atoms with E-state index in [0.29, 0.717) is 22.8 Å². The molecule has 6 heteroatoms. The summed E-state index contributed by atoms with van der Waals surface area (Å²) in [6.45, 7) is 3.82. The minimum Gasteiger partial charge on any atom is -0.439 e. The lowest BCUT2D eigenvalue weighted by atomic mass is 10.1. The SMILES string of the molecule is Cc1cc(C)c(CNC(=O)c2ccc(Oc3ccccc3)nc2)c(=O)[nH]1. The van der Waals surface area contributed by atoms with Gasteiger partial charge < -0.3 is 15.0 Å². The summed E-state index contributed by atoms with van der Waals surface area (Å²) in [6, 6.07) is 14.4. The first-order chi connectivity index (χ1) is 12.5. The molecule has 26 heavy (non-hydrogen) atoms. The van der Waals surface area contributed by atoms with Gasteiger partial charge in [-0.1, -0.05) is 18.2 Å². The number of ether oxygens (including phenoxy) is 1. The smallest absolute Gasteiger partial charge is 0.253 e. The highest BCUT2D eigenvalue weighted by molar-refractivity contribution is 5.93. The topological polar surface area (TPSA) is 84.1 Å². The zero-order valence-electron chi connectivity index (χ0n) is 14.6. The maximum Gasteiger partial charge on any atom is 0.253 e. The molecule has 0 radical (unpaired) electrons. The number of pyridine rings is 2. The van der Waals surface area contributed by atoms with E-state index < -0.39 is 0 Å². The number of carbonyl (C=O) groups is 1. The van der Waals surface area contributed by atoms with E-state index in [1.54, 1.807) is 12.1 Å². The Morgan fingerprint density at radius 3 is 2.58 bits per heavy atom. The third-order valence-electron chi connectivity index (χ3n) is 3.88. The van der Waals surface area contributed by atoms with Crippen molar-refractivity contribution in [3.63, 3.8) is 0 Å². The van der Waals surface area contributed by atoms with Crippen molar-refractivity contribution >= 4 is 5.91 Å². The summed E-state index contributed by atoms with van der Waals surface area (Å²) in [6.07, 6.45) is 1.44. The number of nitrogens with one attached hydrogen (secondary N) is 2. The van der Waals surface area contributed by atoms with Crippen LogP contribution in [0.25, 0.3) is 0 Å². The fourth-order valence-corrected chi connectivity index (χ4v) is 2.56. The van der Waals surface area contributed by atoms with Crippen LogP contribution in [0.1, 0.15) is 27.2 Å². The zero-order valence-corrected chi connectivity index (χ0v) is 14.6. The molecule has 3 rings (SSSR count). The van der Waals surface area contributed by atoms with E-state index in [1.165, 1.54) is 6.20 Å². The number of aromatic nitrogens is 2. The molecule has 0 spiro atoms. The van der Waals surface area contributed by atoms with E-state index in [4.69, 9.17) is 4.74 Å². The lowest BCUT2D eigenvalue weighted by Gasteiger charge is -2.09. The maximum absolute atomic E-state index is 12.3. The average Bonchev–Trinajstić information content (AvgIpc) is 2.62. The molecule has 2 heterocycles. The molecule has 0 saturated carbocycles. The summed E-state index contributed by atoms with van der Waals surface area (Å²) in [5.74, 6) is 0.771. The van der Waals surface area contributed by atoms with Crippen molar-refractivity contribution < 1.29 is 9.53 Å². The van der Waals surface area contributed by atoms with E-state index in [-0.39, 0.29) is 18.0 Å². The van der Waals surface area contributed by atoms with Crippen molar-refractivity contribution in [2.45, 2.75) is 20.4 Å². The van der Waals surface area contributed by atoms with Gasteiger partial charge in [0.25, 0.3) is 11.5 Å². The van der Waals surface area contributed by atoms with Crippen LogP contribution in [0.15, 0.2) is 59.5 Å². The van der Waals surface area contributed by atoms with Crippen LogP contribution in [0.2, 0.25) is 0 Å². The summed E-state index contributed by atoms with van der Waals surface area (Å²) in [5, 5.41) is 2.75. The molecule has 2 aromatic heterocycles. The highest BCUT2D eigenvalue weighted by Crippen LogP contribution is 2.18. The maximum atomic E-state index is 12.3. The number of H-pyrrole nitrogens is 1. The Labute approximate surface area is 150 Å². The number of rotatable bonds is 5. The van der Waals surface area contributed by atoms with Crippen LogP contribution in [-0.2, 0) is 6.54 Å². The van der Waals surface area contributed by atoms with Gasteiger partial charge in [0.05, 0.1) is 5.56 Å². The number of aromatic amines is 1. The molecule has 0 saturated heterocycles. The second kappa shape index (κ2) is 7.65. The molecule has 6 nitrogen and oxygen atoms in total. The highest BCUT2D eigenvalue weighted by atomic mass is 16.5. The molecule has 3 aromatic rings. The number of nitrogens with zero attached hydrogens (tertiary/aromatic N) is 1. The van der Waals surface area contributed by atoms with Gasteiger partial charge in [-0.2, -0.15) is 0 Å². The van der Waals surface area contributed by atoms with Gasteiger partial charge in [-0.15, -0.1) is 0 Å². The fraction of sp³-hybridized carbons (Fsp3) is 0.150. The van der Waals surface area contributed by atoms with Gasteiger partial charge in [0, 0.05) is 30.1 Å². The molecule has 0 unspecified atom stereocenters. The minimum atomic E-state index is -0.303. The Morgan fingerprint density at radius 1 is 1.15 bits per heavy atom. The van der Waals surface area contributed by atoms with E-state index in [1.807, 2.05) is 50.2 Å². The first kappa shape index (κ1) is 17.4. The quantitative estimate of drug-likeness (QED) is 0.741. The Hall–Kier alpha value is -3.41.